The van der Waals surface area contributed by atoms with Crippen LogP contribution < -0.4 is 0 Å². The number of carbonyl (C=O) groups is 2. The molecule has 0 bridgehead atoms. The maximum Gasteiger partial charge on any atom is 0.270 e. The molecule has 0 unspecified atom stereocenters. The van der Waals surface area contributed by atoms with E-state index in [2.05, 4.69) is 11.0 Å². The fraction of sp³-hybridized carbons (Fsp3) is 0.333. The number of fused-ring (bicyclic) bond motifs is 1. The lowest BCUT2D eigenvalue weighted by Crippen LogP contribution is -2.57. The molecule has 3 aromatic rings. The number of halogens is 1. The summed E-state index contributed by atoms with van der Waals surface area (Å²) in [5, 5.41) is 13.1. The number of nitro groups is 1. The van der Waals surface area contributed by atoms with Gasteiger partial charge in [-0.1, -0.05) is 18.2 Å². The summed E-state index contributed by atoms with van der Waals surface area (Å²) in [4.78, 5) is 43.8. The van der Waals surface area contributed by atoms with Gasteiger partial charge >= 0.3 is 0 Å². The SMILES string of the molecule is C[C@@H]1CN(C(=O)CN2CCc3sccc3[C@H]2c2cccc(F)c2)CCN1C(=O)c1cccc([N+](=O)[O-])c1. The van der Waals surface area contributed by atoms with E-state index in [-0.39, 0.29) is 47.5 Å². The second kappa shape index (κ2) is 10.4. The van der Waals surface area contributed by atoms with E-state index < -0.39 is 4.92 Å². The van der Waals surface area contributed by atoms with Gasteiger partial charge in [-0.2, -0.15) is 0 Å². The van der Waals surface area contributed by atoms with Crippen molar-refractivity contribution in [3.63, 3.8) is 0 Å². The van der Waals surface area contributed by atoms with Crippen molar-refractivity contribution in [1.82, 2.24) is 14.7 Å². The smallest absolute Gasteiger partial charge is 0.270 e. The highest BCUT2D eigenvalue weighted by molar-refractivity contribution is 7.10. The van der Waals surface area contributed by atoms with Crippen molar-refractivity contribution in [1.29, 1.82) is 0 Å². The lowest BCUT2D eigenvalue weighted by molar-refractivity contribution is -0.384. The van der Waals surface area contributed by atoms with E-state index >= 15 is 0 Å². The molecule has 0 radical (unpaired) electrons. The molecule has 8 nitrogen and oxygen atoms in total. The molecule has 37 heavy (non-hydrogen) atoms. The van der Waals surface area contributed by atoms with Gasteiger partial charge < -0.3 is 9.80 Å². The van der Waals surface area contributed by atoms with Gasteiger partial charge in [-0.15, -0.1) is 11.3 Å². The first-order chi connectivity index (χ1) is 17.8. The highest BCUT2D eigenvalue weighted by Gasteiger charge is 2.35. The summed E-state index contributed by atoms with van der Waals surface area (Å²) in [6, 6.07) is 13.9. The number of rotatable bonds is 5. The van der Waals surface area contributed by atoms with Gasteiger partial charge in [0.25, 0.3) is 11.6 Å². The van der Waals surface area contributed by atoms with E-state index in [9.17, 15) is 24.1 Å². The van der Waals surface area contributed by atoms with Crippen molar-refractivity contribution in [2.45, 2.75) is 25.4 Å². The summed E-state index contributed by atoms with van der Waals surface area (Å²) in [5.74, 6) is -0.616. The average molecular weight is 523 g/mol. The summed E-state index contributed by atoms with van der Waals surface area (Å²) in [6.07, 6.45) is 0.841. The van der Waals surface area contributed by atoms with Crippen LogP contribution in [0.4, 0.5) is 10.1 Å². The van der Waals surface area contributed by atoms with Gasteiger partial charge in [0.2, 0.25) is 5.91 Å². The zero-order valence-electron chi connectivity index (χ0n) is 20.4. The van der Waals surface area contributed by atoms with Gasteiger partial charge in [-0.05, 0) is 54.1 Å². The van der Waals surface area contributed by atoms with Crippen molar-refractivity contribution in [3.8, 4) is 0 Å². The minimum atomic E-state index is -0.520. The molecule has 3 heterocycles. The molecule has 2 aromatic carbocycles. The van der Waals surface area contributed by atoms with Crippen LogP contribution in [-0.2, 0) is 11.2 Å². The van der Waals surface area contributed by atoms with E-state index in [1.54, 1.807) is 33.3 Å². The fourth-order valence-corrected chi connectivity index (χ4v) is 6.19. The summed E-state index contributed by atoms with van der Waals surface area (Å²) in [7, 11) is 0. The first-order valence-electron chi connectivity index (χ1n) is 12.2. The Balaban J connectivity index is 1.28. The minimum Gasteiger partial charge on any atom is -0.338 e. The van der Waals surface area contributed by atoms with E-state index in [1.807, 2.05) is 18.4 Å². The van der Waals surface area contributed by atoms with Crippen molar-refractivity contribution < 1.29 is 18.9 Å². The van der Waals surface area contributed by atoms with E-state index in [0.717, 1.165) is 17.5 Å². The van der Waals surface area contributed by atoms with Gasteiger partial charge in [0, 0.05) is 54.8 Å². The Labute approximate surface area is 218 Å². The van der Waals surface area contributed by atoms with Gasteiger partial charge in [0.1, 0.15) is 5.82 Å². The summed E-state index contributed by atoms with van der Waals surface area (Å²) in [5.41, 5.74) is 2.08. The van der Waals surface area contributed by atoms with Crippen LogP contribution in [0, 0.1) is 15.9 Å². The third-order valence-electron chi connectivity index (χ3n) is 7.11. The van der Waals surface area contributed by atoms with Crippen molar-refractivity contribution in [3.05, 3.63) is 97.5 Å². The first kappa shape index (κ1) is 25.0. The molecule has 5 rings (SSSR count). The number of nitrogens with zero attached hydrogens (tertiary/aromatic N) is 4. The van der Waals surface area contributed by atoms with E-state index in [1.165, 1.54) is 35.2 Å². The highest BCUT2D eigenvalue weighted by atomic mass is 32.1. The van der Waals surface area contributed by atoms with Gasteiger partial charge in [-0.3, -0.25) is 24.6 Å². The molecule has 2 amide bonds. The normalized spacial score (nSPS) is 19.9. The van der Waals surface area contributed by atoms with Crippen molar-refractivity contribution in [2.75, 3.05) is 32.7 Å². The average Bonchev–Trinajstić information content (AvgIpc) is 3.37. The Morgan fingerprint density at radius 2 is 1.92 bits per heavy atom. The number of thiophene rings is 1. The Morgan fingerprint density at radius 3 is 2.68 bits per heavy atom. The molecule has 10 heteroatoms. The molecular weight excluding hydrogens is 495 g/mol. The van der Waals surface area contributed by atoms with Gasteiger partial charge in [0.05, 0.1) is 17.5 Å². The maximum absolute atomic E-state index is 14.1. The molecule has 192 valence electrons. The van der Waals surface area contributed by atoms with Crippen LogP contribution in [0.25, 0.3) is 0 Å². The molecule has 0 N–H and O–H groups in total. The van der Waals surface area contributed by atoms with E-state index in [0.29, 0.717) is 26.2 Å². The molecule has 2 atom stereocenters. The van der Waals surface area contributed by atoms with Crippen molar-refractivity contribution in [2.24, 2.45) is 0 Å². The van der Waals surface area contributed by atoms with Crippen LogP contribution in [0.15, 0.2) is 60.0 Å². The quantitative estimate of drug-likeness (QED) is 0.372. The molecule has 2 aliphatic rings. The number of carbonyl (C=O) groups excluding carboxylic acids is 2. The Morgan fingerprint density at radius 1 is 1.11 bits per heavy atom. The van der Waals surface area contributed by atoms with Crippen LogP contribution in [-0.4, -0.2) is 70.2 Å². The molecule has 1 saturated heterocycles. The van der Waals surface area contributed by atoms with E-state index in [4.69, 9.17) is 0 Å². The van der Waals surface area contributed by atoms with Crippen LogP contribution in [0.2, 0.25) is 0 Å². The maximum atomic E-state index is 14.1. The third-order valence-corrected chi connectivity index (χ3v) is 8.11. The van der Waals surface area contributed by atoms with Gasteiger partial charge in [-0.25, -0.2) is 4.39 Å². The predicted molar refractivity (Wildman–Crippen MR) is 138 cm³/mol. The molecular formula is C27H27FN4O4S. The summed E-state index contributed by atoms with van der Waals surface area (Å²) in [6.45, 7) is 3.87. The standard InChI is InChI=1S/C27H27FN4O4S/c1-18-16-29(11-12-31(18)27(34)20-5-3-7-22(15-20)32(35)36)25(33)17-30-10-8-24-23(9-13-37-24)26(30)19-4-2-6-21(28)14-19/h2-7,9,13-15,18,26H,8,10-12,16-17H2,1H3/t18-,26-/m1/s1. The largest absolute Gasteiger partial charge is 0.338 e. The van der Waals surface area contributed by atoms with Crippen molar-refractivity contribution >= 4 is 28.8 Å². The zero-order chi connectivity index (χ0) is 26.1. The third kappa shape index (κ3) is 5.12. The molecule has 1 aromatic heterocycles. The molecule has 0 saturated carbocycles. The highest BCUT2D eigenvalue weighted by Crippen LogP contribution is 2.38. The molecule has 0 spiro atoms. The summed E-state index contributed by atoms with van der Waals surface area (Å²) >= 11 is 1.69. The molecule has 0 aliphatic carbocycles. The Kier molecular flexibility index (Phi) is 7.03. The zero-order valence-corrected chi connectivity index (χ0v) is 21.2. The number of benzene rings is 2. The minimum absolute atomic E-state index is 0.0330. The molecule has 1 fully saturated rings. The lowest BCUT2D eigenvalue weighted by Gasteiger charge is -2.42. The van der Waals surface area contributed by atoms with Gasteiger partial charge in [0.15, 0.2) is 0 Å². The van der Waals surface area contributed by atoms with Crippen LogP contribution in [0.5, 0.6) is 0 Å². The van der Waals surface area contributed by atoms with Crippen LogP contribution in [0.1, 0.15) is 39.3 Å². The number of hydrogen-bond donors (Lipinski definition) is 0. The second-order valence-corrected chi connectivity index (χ2v) is 10.5. The Hall–Kier alpha value is -3.63. The number of nitro benzene ring substituents is 1. The number of hydrogen-bond acceptors (Lipinski definition) is 6. The van der Waals surface area contributed by atoms with Crippen LogP contribution in [0.3, 0.4) is 0 Å². The topological polar surface area (TPSA) is 87.0 Å². The second-order valence-electron chi connectivity index (χ2n) is 9.47. The fourth-order valence-electron chi connectivity index (χ4n) is 5.28. The lowest BCUT2D eigenvalue weighted by atomic mass is 9.93. The monoisotopic (exact) mass is 522 g/mol. The first-order valence-corrected chi connectivity index (χ1v) is 13.1. The predicted octanol–water partition coefficient (Wildman–Crippen LogP) is 4.12. The van der Waals surface area contributed by atoms with Crippen LogP contribution >= 0.6 is 11.3 Å². The molecule has 2 aliphatic heterocycles. The number of amides is 2. The number of non-ortho nitro benzene ring substituents is 1. The summed E-state index contributed by atoms with van der Waals surface area (Å²) < 4.78 is 14.1. The Bertz CT molecular complexity index is 1350. The number of piperazine rings is 1.